The van der Waals surface area contributed by atoms with Gasteiger partial charge in [0.1, 0.15) is 0 Å². The summed E-state index contributed by atoms with van der Waals surface area (Å²) in [5, 5.41) is 4.74. The SMILES string of the molecule is NC(Cc1ccn(C2CCCCC2)n1)C1CSCCO1. The van der Waals surface area contributed by atoms with Crippen LogP contribution in [-0.2, 0) is 11.2 Å². The summed E-state index contributed by atoms with van der Waals surface area (Å²) in [5.41, 5.74) is 7.39. The number of ether oxygens (including phenoxy) is 1. The fourth-order valence-electron chi connectivity index (χ4n) is 3.16. The van der Waals surface area contributed by atoms with Gasteiger partial charge in [0, 0.05) is 30.2 Å². The van der Waals surface area contributed by atoms with Gasteiger partial charge in [-0.05, 0) is 18.9 Å². The van der Waals surface area contributed by atoms with E-state index in [1.807, 2.05) is 11.8 Å². The number of nitrogens with zero attached hydrogens (tertiary/aromatic N) is 2. The van der Waals surface area contributed by atoms with Gasteiger partial charge in [-0.1, -0.05) is 19.3 Å². The van der Waals surface area contributed by atoms with Crippen molar-refractivity contribution in [3.8, 4) is 0 Å². The van der Waals surface area contributed by atoms with Crippen molar-refractivity contribution in [3.05, 3.63) is 18.0 Å². The molecule has 2 fully saturated rings. The zero-order valence-electron chi connectivity index (χ0n) is 12.0. The fraction of sp³-hybridized carbons (Fsp3) is 0.800. The van der Waals surface area contributed by atoms with Crippen molar-refractivity contribution in [3.63, 3.8) is 0 Å². The Hall–Kier alpha value is -0.520. The second-order valence-corrected chi connectivity index (χ2v) is 7.08. The van der Waals surface area contributed by atoms with Crippen LogP contribution in [0, 0.1) is 0 Å². The molecule has 4 nitrogen and oxygen atoms in total. The lowest BCUT2D eigenvalue weighted by atomic mass is 9.96. The maximum absolute atomic E-state index is 6.28. The van der Waals surface area contributed by atoms with Gasteiger partial charge >= 0.3 is 0 Å². The fourth-order valence-corrected chi connectivity index (χ4v) is 4.12. The van der Waals surface area contributed by atoms with E-state index >= 15 is 0 Å². The summed E-state index contributed by atoms with van der Waals surface area (Å²) in [4.78, 5) is 0. The molecule has 2 atom stereocenters. The maximum atomic E-state index is 6.28. The van der Waals surface area contributed by atoms with Crippen molar-refractivity contribution >= 4 is 11.8 Å². The maximum Gasteiger partial charge on any atom is 0.0820 e. The molecular formula is C15H25N3OS. The smallest absolute Gasteiger partial charge is 0.0820 e. The number of thioether (sulfide) groups is 1. The molecule has 2 heterocycles. The van der Waals surface area contributed by atoms with Crippen LogP contribution in [0.3, 0.4) is 0 Å². The molecule has 1 aromatic rings. The Bertz CT molecular complexity index is 411. The van der Waals surface area contributed by atoms with Crippen LogP contribution in [0.25, 0.3) is 0 Å². The number of rotatable bonds is 4. The molecule has 0 spiro atoms. The molecule has 5 heteroatoms. The first-order valence-electron chi connectivity index (χ1n) is 7.82. The van der Waals surface area contributed by atoms with E-state index in [0.29, 0.717) is 6.04 Å². The van der Waals surface area contributed by atoms with Crippen LogP contribution in [-0.4, -0.2) is 40.0 Å². The normalized spacial score (nSPS) is 26.6. The highest BCUT2D eigenvalue weighted by Crippen LogP contribution is 2.27. The Kier molecular flexibility index (Phi) is 5.02. The minimum absolute atomic E-state index is 0.0671. The van der Waals surface area contributed by atoms with Gasteiger partial charge < -0.3 is 10.5 Å². The molecule has 1 saturated carbocycles. The van der Waals surface area contributed by atoms with E-state index in [1.54, 1.807) is 0 Å². The number of hydrogen-bond acceptors (Lipinski definition) is 4. The molecule has 0 aromatic carbocycles. The van der Waals surface area contributed by atoms with Gasteiger partial charge in [0.15, 0.2) is 0 Å². The van der Waals surface area contributed by atoms with Crippen molar-refractivity contribution < 1.29 is 4.74 Å². The highest BCUT2D eigenvalue weighted by molar-refractivity contribution is 7.99. The van der Waals surface area contributed by atoms with Gasteiger partial charge in [0.25, 0.3) is 0 Å². The number of aromatic nitrogens is 2. The van der Waals surface area contributed by atoms with Crippen molar-refractivity contribution in [2.75, 3.05) is 18.1 Å². The van der Waals surface area contributed by atoms with Gasteiger partial charge in [0.05, 0.1) is 24.4 Å². The number of hydrogen-bond donors (Lipinski definition) is 1. The molecule has 2 aliphatic rings. The van der Waals surface area contributed by atoms with E-state index in [0.717, 1.165) is 30.2 Å². The lowest BCUT2D eigenvalue weighted by Crippen LogP contribution is -2.42. The topological polar surface area (TPSA) is 53.1 Å². The Morgan fingerprint density at radius 2 is 2.25 bits per heavy atom. The van der Waals surface area contributed by atoms with Crippen LogP contribution in [0.1, 0.15) is 43.8 Å². The molecule has 1 aromatic heterocycles. The quantitative estimate of drug-likeness (QED) is 0.926. The zero-order chi connectivity index (χ0) is 13.8. The minimum Gasteiger partial charge on any atom is -0.375 e. The number of nitrogens with two attached hydrogens (primary N) is 1. The molecule has 112 valence electrons. The van der Waals surface area contributed by atoms with Crippen LogP contribution < -0.4 is 5.73 Å². The van der Waals surface area contributed by atoms with E-state index in [4.69, 9.17) is 15.6 Å². The lowest BCUT2D eigenvalue weighted by Gasteiger charge is -2.27. The Morgan fingerprint density at radius 3 is 3.00 bits per heavy atom. The van der Waals surface area contributed by atoms with E-state index in [2.05, 4.69) is 16.9 Å². The highest BCUT2D eigenvalue weighted by atomic mass is 32.2. The molecule has 2 N–H and O–H groups in total. The molecule has 2 unspecified atom stereocenters. The second kappa shape index (κ2) is 6.96. The van der Waals surface area contributed by atoms with Crippen LogP contribution >= 0.6 is 11.8 Å². The van der Waals surface area contributed by atoms with Crippen LogP contribution in [0.5, 0.6) is 0 Å². The summed E-state index contributed by atoms with van der Waals surface area (Å²) in [6.45, 7) is 0.833. The first kappa shape index (κ1) is 14.4. The zero-order valence-corrected chi connectivity index (χ0v) is 12.9. The standard InChI is InChI=1S/C15H25N3OS/c16-14(15-11-20-9-8-19-15)10-12-6-7-18(17-12)13-4-2-1-3-5-13/h6-7,13-15H,1-5,8-11,16H2. The molecule has 1 saturated heterocycles. The Balaban J connectivity index is 1.56. The van der Waals surface area contributed by atoms with Gasteiger partial charge in [-0.3, -0.25) is 4.68 Å². The molecule has 1 aliphatic heterocycles. The van der Waals surface area contributed by atoms with Crippen LogP contribution in [0.2, 0.25) is 0 Å². The van der Waals surface area contributed by atoms with E-state index in [-0.39, 0.29) is 12.1 Å². The highest BCUT2D eigenvalue weighted by Gasteiger charge is 2.23. The molecular weight excluding hydrogens is 270 g/mol. The summed E-state index contributed by atoms with van der Waals surface area (Å²) in [6, 6.07) is 2.80. The largest absolute Gasteiger partial charge is 0.375 e. The second-order valence-electron chi connectivity index (χ2n) is 5.93. The monoisotopic (exact) mass is 295 g/mol. The van der Waals surface area contributed by atoms with Gasteiger partial charge in [-0.2, -0.15) is 16.9 Å². The van der Waals surface area contributed by atoms with Crippen molar-refractivity contribution in [1.82, 2.24) is 9.78 Å². The summed E-state index contributed by atoms with van der Waals surface area (Å²) in [5.74, 6) is 2.12. The van der Waals surface area contributed by atoms with Crippen molar-refractivity contribution in [2.45, 2.75) is 56.7 Å². The minimum atomic E-state index is 0.0671. The van der Waals surface area contributed by atoms with Gasteiger partial charge in [-0.15, -0.1) is 0 Å². The Labute approximate surface area is 125 Å². The third-order valence-corrected chi connectivity index (χ3v) is 5.40. The summed E-state index contributed by atoms with van der Waals surface area (Å²) >= 11 is 1.94. The first-order valence-corrected chi connectivity index (χ1v) is 8.97. The summed E-state index contributed by atoms with van der Waals surface area (Å²) in [6.07, 6.45) is 9.75. The van der Waals surface area contributed by atoms with Gasteiger partial charge in [0.2, 0.25) is 0 Å². The molecule has 3 rings (SSSR count). The lowest BCUT2D eigenvalue weighted by molar-refractivity contribution is 0.0569. The Morgan fingerprint density at radius 1 is 1.40 bits per heavy atom. The van der Waals surface area contributed by atoms with E-state index in [1.165, 1.54) is 32.1 Å². The van der Waals surface area contributed by atoms with E-state index < -0.39 is 0 Å². The summed E-state index contributed by atoms with van der Waals surface area (Å²) in [7, 11) is 0. The third kappa shape index (κ3) is 3.57. The third-order valence-electron chi connectivity index (χ3n) is 4.38. The van der Waals surface area contributed by atoms with Crippen LogP contribution in [0.15, 0.2) is 12.3 Å². The average molecular weight is 295 g/mol. The predicted octanol–water partition coefficient (Wildman–Crippen LogP) is 2.39. The predicted molar refractivity (Wildman–Crippen MR) is 83.1 cm³/mol. The molecule has 0 radical (unpaired) electrons. The van der Waals surface area contributed by atoms with Crippen molar-refractivity contribution in [2.24, 2.45) is 5.73 Å². The van der Waals surface area contributed by atoms with Gasteiger partial charge in [-0.25, -0.2) is 0 Å². The van der Waals surface area contributed by atoms with Crippen molar-refractivity contribution in [1.29, 1.82) is 0 Å². The summed E-state index contributed by atoms with van der Waals surface area (Å²) < 4.78 is 7.92. The average Bonchev–Trinajstić information content (AvgIpc) is 2.97. The molecule has 0 amide bonds. The molecule has 0 bridgehead atoms. The molecule has 1 aliphatic carbocycles. The van der Waals surface area contributed by atoms with Crippen LogP contribution in [0.4, 0.5) is 0 Å². The first-order chi connectivity index (χ1) is 9.83. The molecule has 20 heavy (non-hydrogen) atoms. The van der Waals surface area contributed by atoms with E-state index in [9.17, 15) is 0 Å².